The summed E-state index contributed by atoms with van der Waals surface area (Å²) in [7, 11) is 0. The van der Waals surface area contributed by atoms with Gasteiger partial charge in [0, 0.05) is 6.54 Å². The van der Waals surface area contributed by atoms with E-state index >= 15 is 0 Å². The molecule has 0 radical (unpaired) electrons. The molecule has 1 rings (SSSR count). The Kier molecular flexibility index (Phi) is 3.95. The van der Waals surface area contributed by atoms with Gasteiger partial charge in [-0.3, -0.25) is 0 Å². The van der Waals surface area contributed by atoms with Crippen molar-refractivity contribution in [2.45, 2.75) is 6.54 Å². The van der Waals surface area contributed by atoms with Gasteiger partial charge in [0.2, 0.25) is 0 Å². The smallest absolute Gasteiger partial charge is 0.159 e. The van der Waals surface area contributed by atoms with Gasteiger partial charge in [-0.05, 0) is 24.0 Å². The molecule has 0 aliphatic rings. The van der Waals surface area contributed by atoms with Crippen LogP contribution in [0.25, 0.3) is 0 Å². The van der Waals surface area contributed by atoms with E-state index in [-0.39, 0.29) is 0 Å². The topological polar surface area (TPSA) is 12.0 Å². The number of thioether (sulfide) groups is 1. The first kappa shape index (κ1) is 11.0. The fourth-order valence-electron chi connectivity index (χ4n) is 0.922. The van der Waals surface area contributed by atoms with E-state index in [4.69, 9.17) is 0 Å². The Labute approximate surface area is 86.2 Å². The van der Waals surface area contributed by atoms with Crippen LogP contribution in [0.1, 0.15) is 5.56 Å². The molecule has 0 atom stereocenters. The van der Waals surface area contributed by atoms with E-state index in [0.29, 0.717) is 12.1 Å². The van der Waals surface area contributed by atoms with Gasteiger partial charge < -0.3 is 5.32 Å². The average molecular weight is 215 g/mol. The van der Waals surface area contributed by atoms with Crippen LogP contribution in [0.5, 0.6) is 0 Å². The summed E-state index contributed by atoms with van der Waals surface area (Å²) in [6.07, 6.45) is 1.89. The van der Waals surface area contributed by atoms with Crippen molar-refractivity contribution >= 4 is 11.8 Å². The summed E-state index contributed by atoms with van der Waals surface area (Å²) in [5.41, 5.74) is 0.694. The Bertz CT molecular complexity index is 339. The molecule has 14 heavy (non-hydrogen) atoms. The molecule has 0 heterocycles. The predicted octanol–water partition coefficient (Wildman–Crippen LogP) is 2.89. The summed E-state index contributed by atoms with van der Waals surface area (Å²) in [6.45, 7) is 4.17. The third-order valence-corrected chi connectivity index (χ3v) is 2.36. The van der Waals surface area contributed by atoms with Crippen molar-refractivity contribution in [1.82, 2.24) is 5.32 Å². The van der Waals surface area contributed by atoms with Crippen LogP contribution < -0.4 is 5.32 Å². The van der Waals surface area contributed by atoms with Gasteiger partial charge in [-0.1, -0.05) is 12.6 Å². The molecule has 0 amide bonds. The molecule has 4 heteroatoms. The highest BCUT2D eigenvalue weighted by Gasteiger charge is 2.01. The summed E-state index contributed by atoms with van der Waals surface area (Å²) in [6, 6.07) is 3.84. The van der Waals surface area contributed by atoms with Crippen molar-refractivity contribution < 1.29 is 8.78 Å². The second kappa shape index (κ2) is 5.00. The molecule has 0 spiro atoms. The van der Waals surface area contributed by atoms with Crippen LogP contribution in [-0.2, 0) is 6.54 Å². The summed E-state index contributed by atoms with van der Waals surface area (Å²) in [4.78, 5) is 0. The highest BCUT2D eigenvalue weighted by Crippen LogP contribution is 2.10. The first-order valence-corrected chi connectivity index (χ1v) is 5.26. The lowest BCUT2D eigenvalue weighted by molar-refractivity contribution is 0.506. The van der Waals surface area contributed by atoms with E-state index < -0.39 is 11.6 Å². The SMILES string of the molecule is C=C(NCc1ccc(F)c(F)c1)SC. The van der Waals surface area contributed by atoms with E-state index in [1.807, 2.05) is 6.26 Å². The third kappa shape index (κ3) is 3.03. The molecular formula is C10H11F2NS. The number of halogens is 2. The van der Waals surface area contributed by atoms with Gasteiger partial charge in [0.05, 0.1) is 5.03 Å². The molecule has 0 saturated carbocycles. The first-order chi connectivity index (χ1) is 6.63. The molecular weight excluding hydrogens is 204 g/mol. The van der Waals surface area contributed by atoms with Crippen LogP contribution in [0.2, 0.25) is 0 Å². The highest BCUT2D eigenvalue weighted by atomic mass is 32.2. The molecule has 1 aromatic rings. The van der Waals surface area contributed by atoms with Gasteiger partial charge in [0.25, 0.3) is 0 Å². The zero-order chi connectivity index (χ0) is 10.6. The molecule has 0 bridgehead atoms. The maximum Gasteiger partial charge on any atom is 0.159 e. The van der Waals surface area contributed by atoms with E-state index in [1.54, 1.807) is 6.07 Å². The Balaban J connectivity index is 2.60. The molecule has 0 aliphatic heterocycles. The van der Waals surface area contributed by atoms with Crippen molar-refractivity contribution in [3.63, 3.8) is 0 Å². The monoisotopic (exact) mass is 215 g/mol. The highest BCUT2D eigenvalue weighted by molar-refractivity contribution is 8.02. The number of nitrogens with one attached hydrogen (secondary N) is 1. The predicted molar refractivity (Wildman–Crippen MR) is 55.9 cm³/mol. The van der Waals surface area contributed by atoms with E-state index in [9.17, 15) is 8.78 Å². The minimum atomic E-state index is -0.822. The van der Waals surface area contributed by atoms with Gasteiger partial charge in [-0.2, -0.15) is 0 Å². The normalized spacial score (nSPS) is 9.93. The molecule has 0 fully saturated rings. The Morgan fingerprint density at radius 3 is 2.71 bits per heavy atom. The maximum atomic E-state index is 12.8. The second-order valence-corrected chi connectivity index (χ2v) is 3.63. The number of hydrogen-bond acceptors (Lipinski definition) is 2. The van der Waals surface area contributed by atoms with Crippen molar-refractivity contribution in [1.29, 1.82) is 0 Å². The van der Waals surface area contributed by atoms with E-state index in [2.05, 4.69) is 11.9 Å². The Morgan fingerprint density at radius 2 is 2.14 bits per heavy atom. The molecule has 0 saturated heterocycles. The molecule has 1 aromatic carbocycles. The van der Waals surface area contributed by atoms with Crippen LogP contribution in [0, 0.1) is 11.6 Å². The fourth-order valence-corrected chi connectivity index (χ4v) is 1.14. The van der Waals surface area contributed by atoms with Gasteiger partial charge in [0.1, 0.15) is 0 Å². The molecule has 0 aliphatic carbocycles. The summed E-state index contributed by atoms with van der Waals surface area (Å²) in [5.74, 6) is -1.64. The van der Waals surface area contributed by atoms with Crippen LogP contribution in [0.3, 0.4) is 0 Å². The van der Waals surface area contributed by atoms with Crippen molar-refractivity contribution in [2.24, 2.45) is 0 Å². The molecule has 76 valence electrons. The van der Waals surface area contributed by atoms with Gasteiger partial charge in [-0.15, -0.1) is 11.8 Å². The van der Waals surface area contributed by atoms with E-state index in [1.165, 1.54) is 17.8 Å². The zero-order valence-electron chi connectivity index (χ0n) is 7.81. The van der Waals surface area contributed by atoms with Crippen molar-refractivity contribution in [2.75, 3.05) is 6.26 Å². The quantitative estimate of drug-likeness (QED) is 0.828. The lowest BCUT2D eigenvalue weighted by Gasteiger charge is -2.06. The van der Waals surface area contributed by atoms with Gasteiger partial charge in [-0.25, -0.2) is 8.78 Å². The van der Waals surface area contributed by atoms with Gasteiger partial charge >= 0.3 is 0 Å². The van der Waals surface area contributed by atoms with Crippen LogP contribution in [-0.4, -0.2) is 6.26 Å². The maximum absolute atomic E-state index is 12.8. The Hall–Kier alpha value is -1.03. The summed E-state index contributed by atoms with van der Waals surface area (Å²) < 4.78 is 25.3. The van der Waals surface area contributed by atoms with E-state index in [0.717, 1.165) is 11.1 Å². The fraction of sp³-hybridized carbons (Fsp3) is 0.200. The molecule has 1 N–H and O–H groups in total. The van der Waals surface area contributed by atoms with Crippen LogP contribution >= 0.6 is 11.8 Å². The molecule has 0 aromatic heterocycles. The second-order valence-electron chi connectivity index (χ2n) is 2.73. The number of benzene rings is 1. The first-order valence-electron chi connectivity index (χ1n) is 4.04. The molecule has 0 unspecified atom stereocenters. The number of rotatable bonds is 4. The van der Waals surface area contributed by atoms with Crippen molar-refractivity contribution in [3.8, 4) is 0 Å². The minimum absolute atomic E-state index is 0.455. The van der Waals surface area contributed by atoms with Crippen LogP contribution in [0.15, 0.2) is 29.8 Å². The zero-order valence-corrected chi connectivity index (χ0v) is 8.63. The largest absolute Gasteiger partial charge is 0.376 e. The Morgan fingerprint density at radius 1 is 1.43 bits per heavy atom. The lowest BCUT2D eigenvalue weighted by Crippen LogP contribution is -2.09. The standard InChI is InChI=1S/C10H11F2NS/c1-7(14-2)13-6-8-3-4-9(11)10(12)5-8/h3-5,13H,1,6H2,2H3. The summed E-state index contributed by atoms with van der Waals surface area (Å²) >= 11 is 1.48. The third-order valence-electron chi connectivity index (χ3n) is 1.72. The average Bonchev–Trinajstić information content (AvgIpc) is 2.19. The van der Waals surface area contributed by atoms with Crippen LogP contribution in [0.4, 0.5) is 8.78 Å². The summed E-state index contributed by atoms with van der Waals surface area (Å²) in [5, 5.41) is 3.78. The number of hydrogen-bond donors (Lipinski definition) is 1. The van der Waals surface area contributed by atoms with Gasteiger partial charge in [0.15, 0.2) is 11.6 Å². The molecule has 1 nitrogen and oxygen atoms in total. The van der Waals surface area contributed by atoms with Crippen molar-refractivity contribution in [3.05, 3.63) is 47.0 Å². The lowest BCUT2D eigenvalue weighted by atomic mass is 10.2. The minimum Gasteiger partial charge on any atom is -0.376 e.